The van der Waals surface area contributed by atoms with E-state index in [1.165, 1.54) is 17.4 Å². The normalized spacial score (nSPS) is 15.4. The second kappa shape index (κ2) is 7.29. The molecule has 0 aliphatic carbocycles. The van der Waals surface area contributed by atoms with Crippen molar-refractivity contribution in [2.45, 2.75) is 6.17 Å². The molecule has 1 aliphatic rings. The van der Waals surface area contributed by atoms with Crippen molar-refractivity contribution >= 4 is 28.4 Å². The molecular formula is C23H17N5O2. The molecule has 7 heteroatoms. The van der Waals surface area contributed by atoms with E-state index >= 15 is 0 Å². The Balaban J connectivity index is 1.61. The van der Waals surface area contributed by atoms with Gasteiger partial charge >= 0.3 is 0 Å². The number of para-hydroxylation sites is 2. The summed E-state index contributed by atoms with van der Waals surface area (Å²) in [6.45, 7) is 0. The van der Waals surface area contributed by atoms with Crippen LogP contribution in [-0.4, -0.2) is 26.8 Å². The zero-order chi connectivity index (χ0) is 20.5. The number of anilines is 1. The van der Waals surface area contributed by atoms with E-state index in [2.05, 4.69) is 20.7 Å². The molecule has 3 heterocycles. The quantitative estimate of drug-likeness (QED) is 0.554. The maximum absolute atomic E-state index is 13.3. The lowest BCUT2D eigenvalue weighted by molar-refractivity contribution is 0.0492. The summed E-state index contributed by atoms with van der Waals surface area (Å²) < 4.78 is 0. The van der Waals surface area contributed by atoms with Gasteiger partial charge in [0, 0.05) is 40.8 Å². The van der Waals surface area contributed by atoms with Gasteiger partial charge in [0.1, 0.15) is 0 Å². The van der Waals surface area contributed by atoms with Crippen molar-refractivity contribution in [1.29, 1.82) is 0 Å². The Labute approximate surface area is 172 Å². The monoisotopic (exact) mass is 395 g/mol. The van der Waals surface area contributed by atoms with Gasteiger partial charge in [0.15, 0.2) is 6.17 Å². The van der Waals surface area contributed by atoms with Gasteiger partial charge in [-0.3, -0.25) is 25.0 Å². The van der Waals surface area contributed by atoms with Crippen molar-refractivity contribution in [2.24, 2.45) is 0 Å². The summed E-state index contributed by atoms with van der Waals surface area (Å²) in [6.07, 6.45) is 4.15. The number of hydrogen-bond donors (Lipinski definition) is 2. The molecule has 1 aliphatic heterocycles. The summed E-state index contributed by atoms with van der Waals surface area (Å²) in [5.74, 6) is -0.699. The molecule has 2 aromatic heterocycles. The van der Waals surface area contributed by atoms with Crippen molar-refractivity contribution in [2.75, 3.05) is 5.32 Å². The highest BCUT2D eigenvalue weighted by molar-refractivity contribution is 6.04. The predicted octanol–water partition coefficient (Wildman–Crippen LogP) is 3.54. The fourth-order valence-electron chi connectivity index (χ4n) is 3.61. The number of hydrazine groups is 1. The van der Waals surface area contributed by atoms with Gasteiger partial charge in [0.2, 0.25) is 0 Å². The van der Waals surface area contributed by atoms with Crippen molar-refractivity contribution < 1.29 is 9.59 Å². The summed E-state index contributed by atoms with van der Waals surface area (Å²) in [4.78, 5) is 34.6. The van der Waals surface area contributed by atoms with Gasteiger partial charge in [-0.1, -0.05) is 36.4 Å². The summed E-state index contributed by atoms with van der Waals surface area (Å²) >= 11 is 0. The van der Waals surface area contributed by atoms with Crippen LogP contribution in [0, 0.1) is 0 Å². The fraction of sp³-hybridized carbons (Fsp3) is 0.0435. The lowest BCUT2D eigenvalue weighted by Gasteiger charge is -2.38. The molecule has 5 rings (SSSR count). The van der Waals surface area contributed by atoms with Gasteiger partial charge in [-0.25, -0.2) is 5.01 Å². The van der Waals surface area contributed by atoms with Gasteiger partial charge in [0.05, 0.1) is 11.1 Å². The number of hydrogen-bond acceptors (Lipinski definition) is 5. The first-order chi connectivity index (χ1) is 14.7. The zero-order valence-electron chi connectivity index (χ0n) is 15.8. The van der Waals surface area contributed by atoms with Crippen molar-refractivity contribution in [3.8, 4) is 0 Å². The molecule has 4 aromatic rings. The second-order valence-corrected chi connectivity index (χ2v) is 6.87. The molecule has 0 fully saturated rings. The molecule has 0 saturated carbocycles. The van der Waals surface area contributed by atoms with Crippen LogP contribution < -0.4 is 10.7 Å². The van der Waals surface area contributed by atoms with E-state index in [0.717, 1.165) is 16.5 Å². The highest BCUT2D eigenvalue weighted by Crippen LogP contribution is 2.34. The Morgan fingerprint density at radius 2 is 1.73 bits per heavy atom. The summed E-state index contributed by atoms with van der Waals surface area (Å²) in [7, 11) is 0. The molecule has 0 spiro atoms. The van der Waals surface area contributed by atoms with Crippen LogP contribution in [0.1, 0.15) is 32.4 Å². The number of carbonyl (C=O) groups is 2. The van der Waals surface area contributed by atoms with E-state index in [1.807, 2.05) is 42.5 Å². The first-order valence-electron chi connectivity index (χ1n) is 9.46. The number of rotatable bonds is 3. The van der Waals surface area contributed by atoms with Crippen LogP contribution in [0.15, 0.2) is 85.3 Å². The highest BCUT2D eigenvalue weighted by Gasteiger charge is 2.35. The smallest absolute Gasteiger partial charge is 0.276 e. The van der Waals surface area contributed by atoms with Crippen LogP contribution in [0.5, 0.6) is 0 Å². The maximum Gasteiger partial charge on any atom is 0.276 e. The topological polar surface area (TPSA) is 87.2 Å². The van der Waals surface area contributed by atoms with E-state index < -0.39 is 12.1 Å². The van der Waals surface area contributed by atoms with Gasteiger partial charge in [-0.05, 0) is 30.3 Å². The molecule has 2 N–H and O–H groups in total. The predicted molar refractivity (Wildman–Crippen MR) is 112 cm³/mol. The molecule has 0 unspecified atom stereocenters. The zero-order valence-corrected chi connectivity index (χ0v) is 15.8. The van der Waals surface area contributed by atoms with Gasteiger partial charge in [0.25, 0.3) is 11.8 Å². The van der Waals surface area contributed by atoms with Crippen LogP contribution in [-0.2, 0) is 0 Å². The number of carbonyl (C=O) groups excluding carboxylic acids is 2. The van der Waals surface area contributed by atoms with Gasteiger partial charge in [-0.2, -0.15) is 0 Å². The molecule has 0 radical (unpaired) electrons. The molecule has 7 nitrogen and oxygen atoms in total. The minimum atomic E-state index is -0.628. The highest BCUT2D eigenvalue weighted by atomic mass is 16.2. The van der Waals surface area contributed by atoms with Crippen molar-refractivity contribution in [3.05, 3.63) is 102 Å². The van der Waals surface area contributed by atoms with E-state index in [9.17, 15) is 9.59 Å². The largest absolute Gasteiger partial charge is 0.359 e. The Kier molecular flexibility index (Phi) is 4.33. The average Bonchev–Trinajstić information content (AvgIpc) is 2.81. The Morgan fingerprint density at radius 3 is 2.60 bits per heavy atom. The van der Waals surface area contributed by atoms with E-state index in [0.29, 0.717) is 16.8 Å². The van der Waals surface area contributed by atoms with Crippen LogP contribution in [0.2, 0.25) is 0 Å². The number of aromatic nitrogens is 2. The first-order valence-corrected chi connectivity index (χ1v) is 9.46. The van der Waals surface area contributed by atoms with Crippen LogP contribution in [0.3, 0.4) is 0 Å². The fourth-order valence-corrected chi connectivity index (χ4v) is 3.61. The molecule has 30 heavy (non-hydrogen) atoms. The summed E-state index contributed by atoms with van der Waals surface area (Å²) in [5.41, 5.74) is 5.90. The number of nitrogens with one attached hydrogen (secondary N) is 2. The average molecular weight is 395 g/mol. The molecule has 2 aromatic carbocycles. The molecular weight excluding hydrogens is 378 g/mol. The van der Waals surface area contributed by atoms with E-state index in [-0.39, 0.29) is 5.91 Å². The third kappa shape index (κ3) is 3.02. The van der Waals surface area contributed by atoms with E-state index in [4.69, 9.17) is 0 Å². The van der Waals surface area contributed by atoms with Crippen LogP contribution >= 0.6 is 0 Å². The number of amides is 2. The molecule has 146 valence electrons. The Hall–Kier alpha value is -4.26. The molecule has 0 bridgehead atoms. The second-order valence-electron chi connectivity index (χ2n) is 6.87. The number of fused-ring (bicyclic) bond motifs is 2. The number of nitrogens with zero attached hydrogens (tertiary/aromatic N) is 3. The number of benzene rings is 2. The Bertz CT molecular complexity index is 1250. The minimum absolute atomic E-state index is 0.301. The van der Waals surface area contributed by atoms with Gasteiger partial charge < -0.3 is 5.32 Å². The van der Waals surface area contributed by atoms with Crippen LogP contribution in [0.4, 0.5) is 5.69 Å². The SMILES string of the molecule is O=C(NN1C(=O)c2ccccc2N[C@@H]1c1cccc2cccnc12)c1ccncc1. The van der Waals surface area contributed by atoms with Gasteiger partial charge in [-0.15, -0.1) is 0 Å². The van der Waals surface area contributed by atoms with Crippen molar-refractivity contribution in [1.82, 2.24) is 20.4 Å². The lowest BCUT2D eigenvalue weighted by Crippen LogP contribution is -2.53. The van der Waals surface area contributed by atoms with Crippen molar-refractivity contribution in [3.63, 3.8) is 0 Å². The third-order valence-electron chi connectivity index (χ3n) is 5.05. The molecule has 2 amide bonds. The maximum atomic E-state index is 13.3. The first kappa shape index (κ1) is 17.8. The number of pyridine rings is 2. The molecule has 0 saturated heterocycles. The van der Waals surface area contributed by atoms with Crippen LogP contribution in [0.25, 0.3) is 10.9 Å². The standard InChI is InChI=1S/C23H17N5O2/c29-22(16-10-13-24-14-11-16)27-28-21(26-19-9-2-1-7-17(19)23(28)30)18-8-3-5-15-6-4-12-25-20(15)18/h1-14,21,26H,(H,27,29)/t21-/m0/s1. The minimum Gasteiger partial charge on any atom is -0.359 e. The summed E-state index contributed by atoms with van der Waals surface area (Å²) in [6, 6.07) is 20.0. The van der Waals surface area contributed by atoms with E-state index in [1.54, 1.807) is 30.5 Å². The Morgan fingerprint density at radius 1 is 0.933 bits per heavy atom. The third-order valence-corrected chi connectivity index (χ3v) is 5.05. The molecule has 1 atom stereocenters. The summed E-state index contributed by atoms with van der Waals surface area (Å²) in [5, 5.41) is 5.66. The lowest BCUT2D eigenvalue weighted by atomic mass is 10.0.